The summed E-state index contributed by atoms with van der Waals surface area (Å²) in [6, 6.07) is 18.9. The van der Waals surface area contributed by atoms with Gasteiger partial charge in [-0.2, -0.15) is 5.10 Å². The number of nitrogens with zero attached hydrogens (tertiary/aromatic N) is 2. The van der Waals surface area contributed by atoms with Crippen molar-refractivity contribution in [3.8, 4) is 11.1 Å². The Morgan fingerprint density at radius 2 is 1.78 bits per heavy atom. The molecule has 4 aromatic rings. The number of hydrogen-bond acceptors (Lipinski definition) is 3. The first-order chi connectivity index (χ1) is 17.2. The molecule has 1 atom stereocenters. The number of aliphatic carboxylic acids is 1. The number of benzene rings is 3. The summed E-state index contributed by atoms with van der Waals surface area (Å²) in [5.74, 6) is -0.816. The topological polar surface area (TPSA) is 84.2 Å². The third-order valence-electron chi connectivity index (χ3n) is 5.96. The molecule has 0 saturated heterocycles. The quantitative estimate of drug-likeness (QED) is 0.251. The highest BCUT2D eigenvalue weighted by Gasteiger charge is 2.19. The van der Waals surface area contributed by atoms with E-state index in [1.165, 1.54) is 0 Å². The van der Waals surface area contributed by atoms with E-state index in [-0.39, 0.29) is 24.9 Å². The Bertz CT molecular complexity index is 1400. The number of carbonyl (C=O) groups excluding carboxylic acids is 1. The number of hydrogen-bond donors (Lipinski definition) is 2. The van der Waals surface area contributed by atoms with Gasteiger partial charge in [0.15, 0.2) is 0 Å². The van der Waals surface area contributed by atoms with E-state index in [4.69, 9.17) is 33.4 Å². The lowest BCUT2D eigenvalue weighted by atomic mass is 9.96. The molecule has 0 aliphatic rings. The van der Waals surface area contributed by atoms with Crippen molar-refractivity contribution in [1.82, 2.24) is 15.1 Å². The van der Waals surface area contributed by atoms with Gasteiger partial charge in [0.05, 0.1) is 18.0 Å². The van der Waals surface area contributed by atoms with Crippen molar-refractivity contribution in [2.24, 2.45) is 5.92 Å². The Balaban J connectivity index is 1.61. The number of aromatic nitrogens is 2. The van der Waals surface area contributed by atoms with Gasteiger partial charge in [0.25, 0.3) is 5.91 Å². The Hall–Kier alpha value is -3.35. The predicted octanol–water partition coefficient (Wildman–Crippen LogP) is 6.85. The summed E-state index contributed by atoms with van der Waals surface area (Å²) in [5.41, 5.74) is 4.31. The SMILES string of the molecule is CC(C)CC(c1ccc(C(=O)NCCC(=O)O)cc1)n1cc2cc(-c3ccc(Cl)cc3Cl)ccc2n1. The molecule has 3 aromatic carbocycles. The van der Waals surface area contributed by atoms with Crippen LogP contribution in [0.15, 0.2) is 66.9 Å². The Morgan fingerprint density at radius 1 is 1.03 bits per heavy atom. The Morgan fingerprint density at radius 3 is 2.44 bits per heavy atom. The lowest BCUT2D eigenvalue weighted by Gasteiger charge is -2.20. The summed E-state index contributed by atoms with van der Waals surface area (Å²) in [4.78, 5) is 23.0. The molecule has 186 valence electrons. The van der Waals surface area contributed by atoms with E-state index in [1.54, 1.807) is 18.2 Å². The van der Waals surface area contributed by atoms with E-state index in [0.717, 1.165) is 34.0 Å². The van der Waals surface area contributed by atoms with Crippen molar-refractivity contribution in [1.29, 1.82) is 0 Å². The van der Waals surface area contributed by atoms with Crippen molar-refractivity contribution in [3.63, 3.8) is 0 Å². The number of amides is 1. The Labute approximate surface area is 219 Å². The minimum Gasteiger partial charge on any atom is -0.481 e. The molecule has 1 heterocycles. The fourth-order valence-corrected chi connectivity index (χ4v) is 4.70. The fourth-order valence-electron chi connectivity index (χ4n) is 4.18. The summed E-state index contributed by atoms with van der Waals surface area (Å²) < 4.78 is 1.99. The first-order valence-corrected chi connectivity index (χ1v) is 12.5. The van der Waals surface area contributed by atoms with Gasteiger partial charge < -0.3 is 10.4 Å². The molecular weight excluding hydrogens is 497 g/mol. The second-order valence-electron chi connectivity index (χ2n) is 9.17. The first-order valence-electron chi connectivity index (χ1n) is 11.8. The van der Waals surface area contributed by atoms with Crippen LogP contribution < -0.4 is 5.32 Å². The second kappa shape index (κ2) is 11.1. The monoisotopic (exact) mass is 523 g/mol. The zero-order chi connectivity index (χ0) is 25.8. The molecule has 1 aromatic heterocycles. The minimum absolute atomic E-state index is 0.0101. The van der Waals surface area contributed by atoms with Crippen LogP contribution in [-0.4, -0.2) is 33.3 Å². The van der Waals surface area contributed by atoms with E-state index >= 15 is 0 Å². The first kappa shape index (κ1) is 25.7. The highest BCUT2D eigenvalue weighted by Crippen LogP contribution is 2.33. The number of halogens is 2. The lowest BCUT2D eigenvalue weighted by Crippen LogP contribution is -2.26. The van der Waals surface area contributed by atoms with Crippen LogP contribution in [0.3, 0.4) is 0 Å². The van der Waals surface area contributed by atoms with Gasteiger partial charge in [0.2, 0.25) is 0 Å². The molecule has 2 N–H and O–H groups in total. The standard InChI is InChI=1S/C28H27Cl2N3O3/c1-17(2)13-26(18-3-5-19(6-4-18)28(36)31-12-11-27(34)35)33-16-21-14-20(7-10-25(21)32-33)23-9-8-22(29)15-24(23)30/h3-10,14-17,26H,11-13H2,1-2H3,(H,31,36)(H,34,35). The number of nitrogens with one attached hydrogen (secondary N) is 1. The van der Waals surface area contributed by atoms with Gasteiger partial charge in [-0.3, -0.25) is 14.3 Å². The van der Waals surface area contributed by atoms with Crippen molar-refractivity contribution < 1.29 is 14.7 Å². The smallest absolute Gasteiger partial charge is 0.305 e. The summed E-state index contributed by atoms with van der Waals surface area (Å²) in [6.45, 7) is 4.43. The highest BCUT2D eigenvalue weighted by atomic mass is 35.5. The number of carboxylic acids is 1. The fraction of sp³-hybridized carbons (Fsp3) is 0.250. The predicted molar refractivity (Wildman–Crippen MR) is 144 cm³/mol. The van der Waals surface area contributed by atoms with Crippen molar-refractivity contribution in [2.45, 2.75) is 32.7 Å². The van der Waals surface area contributed by atoms with Gasteiger partial charge in [-0.25, -0.2) is 0 Å². The van der Waals surface area contributed by atoms with Gasteiger partial charge in [-0.15, -0.1) is 0 Å². The molecular formula is C28H27Cl2N3O3. The molecule has 0 aliphatic carbocycles. The van der Waals surface area contributed by atoms with Crippen LogP contribution in [0.1, 0.15) is 48.7 Å². The molecule has 36 heavy (non-hydrogen) atoms. The van der Waals surface area contributed by atoms with Gasteiger partial charge in [-0.05, 0) is 59.9 Å². The highest BCUT2D eigenvalue weighted by molar-refractivity contribution is 6.36. The van der Waals surface area contributed by atoms with Gasteiger partial charge >= 0.3 is 5.97 Å². The van der Waals surface area contributed by atoms with Crippen LogP contribution in [0.2, 0.25) is 10.0 Å². The van der Waals surface area contributed by atoms with Crippen LogP contribution in [-0.2, 0) is 4.79 Å². The normalized spacial score (nSPS) is 12.1. The maximum atomic E-state index is 12.3. The van der Waals surface area contributed by atoms with Crippen LogP contribution in [0.5, 0.6) is 0 Å². The number of carboxylic acid groups (broad SMARTS) is 1. The average molecular weight is 524 g/mol. The molecule has 0 bridgehead atoms. The molecule has 1 unspecified atom stereocenters. The van der Waals surface area contributed by atoms with Crippen LogP contribution >= 0.6 is 23.2 Å². The van der Waals surface area contributed by atoms with Gasteiger partial charge in [0.1, 0.15) is 0 Å². The third kappa shape index (κ3) is 6.07. The largest absolute Gasteiger partial charge is 0.481 e. The molecule has 0 spiro atoms. The van der Waals surface area contributed by atoms with Crippen LogP contribution in [0.25, 0.3) is 22.0 Å². The molecule has 6 nitrogen and oxygen atoms in total. The average Bonchev–Trinajstić information content (AvgIpc) is 3.25. The maximum absolute atomic E-state index is 12.3. The second-order valence-corrected chi connectivity index (χ2v) is 10.0. The minimum atomic E-state index is -0.947. The van der Waals surface area contributed by atoms with E-state index in [2.05, 4.69) is 25.2 Å². The lowest BCUT2D eigenvalue weighted by molar-refractivity contribution is -0.136. The Kier molecular flexibility index (Phi) is 7.97. The molecule has 4 rings (SSSR count). The number of fused-ring (bicyclic) bond motifs is 1. The maximum Gasteiger partial charge on any atom is 0.305 e. The third-order valence-corrected chi connectivity index (χ3v) is 6.51. The van der Waals surface area contributed by atoms with Gasteiger partial charge in [-0.1, -0.05) is 61.3 Å². The summed E-state index contributed by atoms with van der Waals surface area (Å²) in [6.07, 6.45) is 2.80. The molecule has 8 heteroatoms. The van der Waals surface area contributed by atoms with Gasteiger partial charge in [0, 0.05) is 39.3 Å². The van der Waals surface area contributed by atoms with E-state index in [9.17, 15) is 9.59 Å². The van der Waals surface area contributed by atoms with E-state index < -0.39 is 5.97 Å². The number of carbonyl (C=O) groups is 2. The molecule has 0 saturated carbocycles. The molecule has 0 radical (unpaired) electrons. The van der Waals surface area contributed by atoms with E-state index in [0.29, 0.717) is 21.5 Å². The molecule has 0 fully saturated rings. The van der Waals surface area contributed by atoms with Crippen LogP contribution in [0.4, 0.5) is 0 Å². The number of rotatable bonds is 9. The summed E-state index contributed by atoms with van der Waals surface area (Å²) in [7, 11) is 0. The molecule has 1 amide bonds. The summed E-state index contributed by atoms with van der Waals surface area (Å²) in [5, 5.41) is 18.4. The molecule has 0 aliphatic heterocycles. The van der Waals surface area contributed by atoms with Crippen LogP contribution in [0, 0.1) is 5.92 Å². The van der Waals surface area contributed by atoms with Crippen molar-refractivity contribution in [3.05, 3.63) is 88.0 Å². The zero-order valence-electron chi connectivity index (χ0n) is 20.0. The van der Waals surface area contributed by atoms with E-state index in [1.807, 2.05) is 47.3 Å². The summed E-state index contributed by atoms with van der Waals surface area (Å²) >= 11 is 12.5. The van der Waals surface area contributed by atoms with Crippen molar-refractivity contribution in [2.75, 3.05) is 6.54 Å². The van der Waals surface area contributed by atoms with Crippen molar-refractivity contribution >= 4 is 46.0 Å². The zero-order valence-corrected chi connectivity index (χ0v) is 21.6.